The number of phenols is 1. The zero-order valence-corrected chi connectivity index (χ0v) is 16.3. The Kier molecular flexibility index (Phi) is 7.90. The van der Waals surface area contributed by atoms with E-state index in [2.05, 4.69) is 20.6 Å². The number of nitrogens with two attached hydrogens (primary N) is 1. The molecule has 0 aliphatic carbocycles. The number of carbonyl (C=O) groups is 3. The molecule has 8 N–H and O–H groups in total. The van der Waals surface area contributed by atoms with Crippen molar-refractivity contribution < 1.29 is 29.7 Å². The van der Waals surface area contributed by atoms with E-state index < -0.39 is 42.0 Å². The zero-order chi connectivity index (χ0) is 22.3. The molecule has 2 amide bonds. The predicted octanol–water partition coefficient (Wildman–Crippen LogP) is -1.34. The van der Waals surface area contributed by atoms with E-state index in [0.717, 1.165) is 0 Å². The van der Waals surface area contributed by atoms with Crippen molar-refractivity contribution in [2.24, 2.45) is 5.73 Å². The van der Waals surface area contributed by atoms with Crippen molar-refractivity contribution in [1.29, 1.82) is 0 Å². The number of rotatable bonds is 10. The topological polar surface area (TPSA) is 191 Å². The van der Waals surface area contributed by atoms with Crippen LogP contribution in [0.4, 0.5) is 0 Å². The number of hydrogen-bond donors (Lipinski definition) is 7. The fourth-order valence-electron chi connectivity index (χ4n) is 2.72. The summed E-state index contributed by atoms with van der Waals surface area (Å²) in [4.78, 5) is 43.1. The number of hydrogen-bond acceptors (Lipinski definition) is 7. The minimum absolute atomic E-state index is 0.0259. The van der Waals surface area contributed by atoms with Crippen molar-refractivity contribution in [3.05, 3.63) is 48.0 Å². The van der Waals surface area contributed by atoms with Crippen molar-refractivity contribution in [3.63, 3.8) is 0 Å². The number of aromatic nitrogens is 2. The molecule has 0 saturated carbocycles. The Morgan fingerprint density at radius 3 is 2.33 bits per heavy atom. The average Bonchev–Trinajstić information content (AvgIpc) is 3.19. The van der Waals surface area contributed by atoms with Crippen LogP contribution in [0, 0.1) is 0 Å². The lowest BCUT2D eigenvalue weighted by atomic mass is 10.0. The number of H-pyrrole nitrogens is 1. The third-order valence-electron chi connectivity index (χ3n) is 4.38. The summed E-state index contributed by atoms with van der Waals surface area (Å²) in [6.07, 6.45) is 1.73. The second-order valence-electron chi connectivity index (χ2n) is 6.88. The van der Waals surface area contributed by atoms with E-state index in [1.165, 1.54) is 43.7 Å². The number of aliphatic hydroxyl groups excluding tert-OH is 1. The number of phenolic OH excluding ortho intramolecular Hbond substituents is 1. The molecular weight excluding hydrogens is 394 g/mol. The first kappa shape index (κ1) is 22.8. The van der Waals surface area contributed by atoms with Crippen molar-refractivity contribution >= 4 is 17.8 Å². The molecule has 1 heterocycles. The molecule has 0 bridgehead atoms. The number of aliphatic carboxylic acids is 1. The largest absolute Gasteiger partial charge is 0.508 e. The maximum atomic E-state index is 12.6. The summed E-state index contributed by atoms with van der Waals surface area (Å²) in [5.41, 5.74) is 7.02. The molecule has 162 valence electrons. The van der Waals surface area contributed by atoms with Crippen molar-refractivity contribution in [2.75, 3.05) is 0 Å². The van der Waals surface area contributed by atoms with Gasteiger partial charge in [-0.2, -0.15) is 0 Å². The van der Waals surface area contributed by atoms with Crippen LogP contribution in [-0.4, -0.2) is 67.3 Å². The van der Waals surface area contributed by atoms with Crippen LogP contribution in [0.2, 0.25) is 0 Å². The van der Waals surface area contributed by atoms with Crippen LogP contribution < -0.4 is 16.4 Å². The van der Waals surface area contributed by atoms with E-state index >= 15 is 0 Å². The average molecular weight is 419 g/mol. The minimum Gasteiger partial charge on any atom is -0.508 e. The molecule has 2 aromatic rings. The maximum Gasteiger partial charge on any atom is 0.326 e. The summed E-state index contributed by atoms with van der Waals surface area (Å²) in [5.74, 6) is -2.81. The van der Waals surface area contributed by atoms with E-state index in [-0.39, 0.29) is 18.6 Å². The molecule has 0 spiro atoms. The fourth-order valence-corrected chi connectivity index (χ4v) is 2.72. The molecule has 1 aromatic carbocycles. The first-order valence-electron chi connectivity index (χ1n) is 9.19. The number of imidazole rings is 1. The molecule has 0 fully saturated rings. The molecule has 1 aromatic heterocycles. The monoisotopic (exact) mass is 419 g/mol. The molecule has 0 aliphatic rings. The molecule has 0 aliphatic heterocycles. The molecule has 2 rings (SSSR count). The van der Waals surface area contributed by atoms with E-state index in [1.54, 1.807) is 0 Å². The molecule has 30 heavy (non-hydrogen) atoms. The van der Waals surface area contributed by atoms with E-state index in [1.807, 2.05) is 0 Å². The quantitative estimate of drug-likeness (QED) is 0.246. The highest BCUT2D eigenvalue weighted by molar-refractivity contribution is 5.92. The number of aromatic hydroxyl groups is 1. The zero-order valence-electron chi connectivity index (χ0n) is 16.3. The lowest BCUT2D eigenvalue weighted by molar-refractivity contribution is -0.142. The summed E-state index contributed by atoms with van der Waals surface area (Å²) in [6, 6.07) is 2.14. The standard InChI is InChI=1S/C19H25N5O6/c1-10(25)16(24-17(27)14(20)7-12-8-21-9-22-12)18(28)23-15(19(29)30)6-11-2-4-13(26)5-3-11/h2-5,8-10,14-16,25-26H,6-7,20H2,1H3,(H,21,22)(H,23,28)(H,24,27)(H,29,30). The van der Waals surface area contributed by atoms with Crippen LogP contribution in [0.5, 0.6) is 5.75 Å². The summed E-state index contributed by atoms with van der Waals surface area (Å²) in [7, 11) is 0. The van der Waals surface area contributed by atoms with Gasteiger partial charge in [-0.15, -0.1) is 0 Å². The number of amides is 2. The van der Waals surface area contributed by atoms with Gasteiger partial charge in [0, 0.05) is 24.7 Å². The first-order valence-corrected chi connectivity index (χ1v) is 9.19. The Labute approximate surface area is 172 Å². The van der Waals surface area contributed by atoms with Gasteiger partial charge in [0.05, 0.1) is 18.5 Å². The predicted molar refractivity (Wildman–Crippen MR) is 105 cm³/mol. The molecule has 4 unspecified atom stereocenters. The van der Waals surface area contributed by atoms with Crippen LogP contribution in [0.1, 0.15) is 18.2 Å². The van der Waals surface area contributed by atoms with Crippen LogP contribution >= 0.6 is 0 Å². The molecule has 11 heteroatoms. The van der Waals surface area contributed by atoms with Gasteiger partial charge in [-0.05, 0) is 24.6 Å². The number of nitrogens with one attached hydrogen (secondary N) is 3. The van der Waals surface area contributed by atoms with Gasteiger partial charge in [-0.1, -0.05) is 12.1 Å². The fraction of sp³-hybridized carbons (Fsp3) is 0.368. The Bertz CT molecular complexity index is 853. The third-order valence-corrected chi connectivity index (χ3v) is 4.38. The van der Waals surface area contributed by atoms with Crippen molar-refractivity contribution in [1.82, 2.24) is 20.6 Å². The number of carboxylic acid groups (broad SMARTS) is 1. The molecule has 11 nitrogen and oxygen atoms in total. The Hall–Kier alpha value is -3.44. The number of aromatic amines is 1. The van der Waals surface area contributed by atoms with Crippen LogP contribution in [-0.2, 0) is 27.2 Å². The normalized spacial score (nSPS) is 14.9. The highest BCUT2D eigenvalue weighted by Gasteiger charge is 2.31. The van der Waals surface area contributed by atoms with Gasteiger partial charge in [-0.3, -0.25) is 9.59 Å². The molecule has 0 saturated heterocycles. The summed E-state index contributed by atoms with van der Waals surface area (Å²) in [6.45, 7) is 1.29. The smallest absolute Gasteiger partial charge is 0.326 e. The lowest BCUT2D eigenvalue weighted by Gasteiger charge is -2.24. The highest BCUT2D eigenvalue weighted by atomic mass is 16.4. The maximum absolute atomic E-state index is 12.6. The van der Waals surface area contributed by atoms with Gasteiger partial charge >= 0.3 is 5.97 Å². The Morgan fingerprint density at radius 1 is 1.13 bits per heavy atom. The van der Waals surface area contributed by atoms with Gasteiger partial charge in [0.15, 0.2) is 0 Å². The lowest BCUT2D eigenvalue weighted by Crippen LogP contribution is -2.58. The number of benzene rings is 1. The van der Waals surface area contributed by atoms with Gasteiger partial charge in [0.1, 0.15) is 17.8 Å². The van der Waals surface area contributed by atoms with Crippen LogP contribution in [0.25, 0.3) is 0 Å². The molecular formula is C19H25N5O6. The van der Waals surface area contributed by atoms with Crippen molar-refractivity contribution in [2.45, 2.75) is 44.0 Å². The third kappa shape index (κ3) is 6.57. The van der Waals surface area contributed by atoms with Crippen molar-refractivity contribution in [3.8, 4) is 5.75 Å². The SMILES string of the molecule is CC(O)C(NC(=O)C(N)Cc1cnc[nH]1)C(=O)NC(Cc1ccc(O)cc1)C(=O)O. The summed E-state index contributed by atoms with van der Waals surface area (Å²) >= 11 is 0. The second-order valence-corrected chi connectivity index (χ2v) is 6.88. The number of nitrogens with zero attached hydrogens (tertiary/aromatic N) is 1. The van der Waals surface area contributed by atoms with E-state index in [0.29, 0.717) is 11.3 Å². The van der Waals surface area contributed by atoms with E-state index in [9.17, 15) is 29.7 Å². The second kappa shape index (κ2) is 10.4. The van der Waals surface area contributed by atoms with Crippen LogP contribution in [0.15, 0.2) is 36.8 Å². The van der Waals surface area contributed by atoms with E-state index in [4.69, 9.17) is 5.73 Å². The summed E-state index contributed by atoms with van der Waals surface area (Å²) in [5, 5.41) is 33.4. The summed E-state index contributed by atoms with van der Waals surface area (Å²) < 4.78 is 0. The van der Waals surface area contributed by atoms with Gasteiger partial charge in [-0.25, -0.2) is 9.78 Å². The number of carbonyl (C=O) groups excluding carboxylic acids is 2. The van der Waals surface area contributed by atoms with Gasteiger partial charge in [0.25, 0.3) is 0 Å². The highest BCUT2D eigenvalue weighted by Crippen LogP contribution is 2.12. The minimum atomic E-state index is -1.40. The number of carboxylic acids is 1. The first-order chi connectivity index (χ1) is 14.2. The molecule has 4 atom stereocenters. The van der Waals surface area contributed by atoms with Gasteiger partial charge in [0.2, 0.25) is 11.8 Å². The molecule has 0 radical (unpaired) electrons. The number of aliphatic hydroxyl groups is 1. The van der Waals surface area contributed by atoms with Crippen LogP contribution in [0.3, 0.4) is 0 Å². The Balaban J connectivity index is 2.02. The Morgan fingerprint density at radius 2 is 1.80 bits per heavy atom. The van der Waals surface area contributed by atoms with Gasteiger partial charge < -0.3 is 36.7 Å².